The number of carboxylic acid groups (broad SMARTS) is 1. The fourth-order valence-electron chi connectivity index (χ4n) is 3.49. The Morgan fingerprint density at radius 1 is 1.15 bits per heavy atom. The molecule has 1 aliphatic heterocycles. The molecule has 1 unspecified atom stereocenters. The van der Waals surface area contributed by atoms with Crippen LogP contribution in [0.3, 0.4) is 0 Å². The maximum Gasteiger partial charge on any atom is 0.490 e. The smallest absolute Gasteiger partial charge is 0.475 e. The van der Waals surface area contributed by atoms with Crippen LogP contribution < -0.4 is 5.32 Å². The zero-order valence-corrected chi connectivity index (χ0v) is 17.5. The van der Waals surface area contributed by atoms with Gasteiger partial charge in [-0.1, -0.05) is 30.3 Å². The number of carboxylic acids is 1. The summed E-state index contributed by atoms with van der Waals surface area (Å²) in [4.78, 5) is 23.3. The van der Waals surface area contributed by atoms with Crippen molar-refractivity contribution in [2.45, 2.75) is 31.7 Å². The Morgan fingerprint density at radius 2 is 1.88 bits per heavy atom. The van der Waals surface area contributed by atoms with Gasteiger partial charge in [-0.3, -0.25) is 14.4 Å². The van der Waals surface area contributed by atoms with E-state index < -0.39 is 12.1 Å². The first kappa shape index (κ1) is 24.1. The number of carbonyl (C=O) groups excluding carboxylic acids is 1. The summed E-state index contributed by atoms with van der Waals surface area (Å²) in [5.74, 6) is -2.58. The highest BCUT2D eigenvalue weighted by molar-refractivity contribution is 5.91. The maximum atomic E-state index is 12.0. The standard InChI is InChI=1S/C20H22N4O2.C2HF3O2/c25-20(19-7-4-12-26-19)21-10-8-17-14-23(13-16-5-2-1-3-6-16)15-18-9-11-22-24(17)18;3-2(4,5)1(6)7/h1-7,9,11-12,17H,8,10,13-15H2,(H,21,25);(H,6,7). The number of benzene rings is 1. The van der Waals surface area contributed by atoms with Gasteiger partial charge in [-0.2, -0.15) is 18.3 Å². The van der Waals surface area contributed by atoms with Crippen LogP contribution in [0, 0.1) is 0 Å². The molecular formula is C22H23F3N4O4. The van der Waals surface area contributed by atoms with Crippen LogP contribution in [-0.2, 0) is 17.9 Å². The molecule has 8 nitrogen and oxygen atoms in total. The van der Waals surface area contributed by atoms with E-state index >= 15 is 0 Å². The lowest BCUT2D eigenvalue weighted by Crippen LogP contribution is -2.38. The molecule has 0 spiro atoms. The second-order valence-electron chi connectivity index (χ2n) is 7.40. The van der Waals surface area contributed by atoms with Crippen LogP contribution in [0.4, 0.5) is 13.2 Å². The molecule has 0 bridgehead atoms. The summed E-state index contributed by atoms with van der Waals surface area (Å²) in [6, 6.07) is 16.2. The van der Waals surface area contributed by atoms with E-state index in [-0.39, 0.29) is 11.9 Å². The van der Waals surface area contributed by atoms with E-state index in [0.29, 0.717) is 12.3 Å². The quantitative estimate of drug-likeness (QED) is 0.579. The predicted octanol–water partition coefficient (Wildman–Crippen LogP) is 3.49. The Kier molecular flexibility index (Phi) is 7.88. The topological polar surface area (TPSA) is 101 Å². The third-order valence-electron chi connectivity index (χ3n) is 4.95. The number of hydrogen-bond acceptors (Lipinski definition) is 5. The molecule has 0 saturated carbocycles. The average molecular weight is 464 g/mol. The summed E-state index contributed by atoms with van der Waals surface area (Å²) in [5.41, 5.74) is 2.53. The van der Waals surface area contributed by atoms with Crippen molar-refractivity contribution in [3.63, 3.8) is 0 Å². The monoisotopic (exact) mass is 464 g/mol. The predicted molar refractivity (Wildman–Crippen MR) is 111 cm³/mol. The second-order valence-corrected chi connectivity index (χ2v) is 7.40. The molecule has 3 aromatic rings. The molecule has 0 radical (unpaired) electrons. The number of furan rings is 1. The number of fused-ring (bicyclic) bond motifs is 1. The molecule has 0 saturated heterocycles. The molecule has 0 aliphatic carbocycles. The molecule has 3 heterocycles. The van der Waals surface area contributed by atoms with Gasteiger partial charge in [0.2, 0.25) is 0 Å². The molecule has 176 valence electrons. The van der Waals surface area contributed by atoms with E-state index in [4.69, 9.17) is 14.3 Å². The number of carbonyl (C=O) groups is 2. The first-order valence-electron chi connectivity index (χ1n) is 10.1. The van der Waals surface area contributed by atoms with Crippen LogP contribution in [0.25, 0.3) is 0 Å². The molecule has 0 fully saturated rings. The number of halogens is 3. The Hall–Kier alpha value is -3.60. The van der Waals surface area contributed by atoms with Gasteiger partial charge < -0.3 is 14.8 Å². The molecule has 4 rings (SSSR count). The van der Waals surface area contributed by atoms with Gasteiger partial charge in [-0.15, -0.1) is 0 Å². The number of rotatable bonds is 6. The van der Waals surface area contributed by atoms with Gasteiger partial charge in [0.25, 0.3) is 5.91 Å². The van der Waals surface area contributed by atoms with Crippen molar-refractivity contribution in [1.29, 1.82) is 0 Å². The lowest BCUT2D eigenvalue weighted by atomic mass is 10.1. The van der Waals surface area contributed by atoms with Crippen LogP contribution in [-0.4, -0.2) is 50.9 Å². The van der Waals surface area contributed by atoms with Crippen LogP contribution in [0.5, 0.6) is 0 Å². The summed E-state index contributed by atoms with van der Waals surface area (Å²) in [7, 11) is 0. The number of aliphatic carboxylic acids is 1. The number of alkyl halides is 3. The normalized spacial score (nSPS) is 15.8. The van der Waals surface area contributed by atoms with Crippen molar-refractivity contribution in [3.8, 4) is 0 Å². The molecule has 33 heavy (non-hydrogen) atoms. The van der Waals surface area contributed by atoms with Crippen molar-refractivity contribution in [1.82, 2.24) is 20.0 Å². The van der Waals surface area contributed by atoms with Crippen molar-refractivity contribution in [2.75, 3.05) is 13.1 Å². The summed E-state index contributed by atoms with van der Waals surface area (Å²) in [6.07, 6.45) is -0.893. The van der Waals surface area contributed by atoms with Crippen LogP contribution in [0.1, 0.15) is 34.3 Å². The molecule has 1 atom stereocenters. The van der Waals surface area contributed by atoms with Crippen molar-refractivity contribution < 1.29 is 32.3 Å². The van der Waals surface area contributed by atoms with Gasteiger partial charge in [0.1, 0.15) is 0 Å². The number of nitrogens with zero attached hydrogens (tertiary/aromatic N) is 3. The molecule has 11 heteroatoms. The maximum absolute atomic E-state index is 12.0. The largest absolute Gasteiger partial charge is 0.490 e. The lowest BCUT2D eigenvalue weighted by Gasteiger charge is -2.34. The Bertz CT molecular complexity index is 1040. The molecule has 1 aromatic carbocycles. The Balaban J connectivity index is 0.000000383. The highest BCUT2D eigenvalue weighted by Gasteiger charge is 2.38. The third-order valence-corrected chi connectivity index (χ3v) is 4.95. The fourth-order valence-corrected chi connectivity index (χ4v) is 3.49. The number of hydrogen-bond donors (Lipinski definition) is 2. The SMILES string of the molecule is O=C(NCCC1CN(Cc2ccccc2)Cc2ccnn21)c1ccco1.O=C(O)C(F)(F)F. The van der Waals surface area contributed by atoms with Gasteiger partial charge in [-0.25, -0.2) is 4.79 Å². The fraction of sp³-hybridized carbons (Fsp3) is 0.318. The summed E-state index contributed by atoms with van der Waals surface area (Å²) >= 11 is 0. The minimum Gasteiger partial charge on any atom is -0.475 e. The van der Waals surface area contributed by atoms with Gasteiger partial charge in [-0.05, 0) is 30.2 Å². The van der Waals surface area contributed by atoms with Gasteiger partial charge >= 0.3 is 12.1 Å². The highest BCUT2D eigenvalue weighted by Crippen LogP contribution is 2.24. The van der Waals surface area contributed by atoms with Crippen molar-refractivity contribution in [3.05, 3.63) is 78.0 Å². The van der Waals surface area contributed by atoms with E-state index in [1.54, 1.807) is 12.1 Å². The minimum atomic E-state index is -5.08. The van der Waals surface area contributed by atoms with Crippen molar-refractivity contribution >= 4 is 11.9 Å². The summed E-state index contributed by atoms with van der Waals surface area (Å²) in [6.45, 7) is 3.31. The van der Waals surface area contributed by atoms with Crippen LogP contribution in [0.2, 0.25) is 0 Å². The summed E-state index contributed by atoms with van der Waals surface area (Å²) in [5, 5.41) is 14.5. The van der Waals surface area contributed by atoms with Gasteiger partial charge in [0.15, 0.2) is 5.76 Å². The first-order chi connectivity index (χ1) is 15.7. The molecular weight excluding hydrogens is 441 g/mol. The van der Waals surface area contributed by atoms with Crippen LogP contribution in [0.15, 0.2) is 65.4 Å². The molecule has 2 N–H and O–H groups in total. The first-order valence-corrected chi connectivity index (χ1v) is 10.1. The molecule has 1 amide bonds. The van der Waals surface area contributed by atoms with E-state index in [1.807, 2.05) is 12.3 Å². The van der Waals surface area contributed by atoms with E-state index in [2.05, 4.69) is 50.3 Å². The molecule has 1 aliphatic rings. The minimum absolute atomic E-state index is 0.173. The van der Waals surface area contributed by atoms with Crippen molar-refractivity contribution in [2.24, 2.45) is 0 Å². The van der Waals surface area contributed by atoms with E-state index in [0.717, 1.165) is 26.1 Å². The zero-order valence-electron chi connectivity index (χ0n) is 17.5. The zero-order chi connectivity index (χ0) is 23.8. The Morgan fingerprint density at radius 3 is 2.52 bits per heavy atom. The lowest BCUT2D eigenvalue weighted by molar-refractivity contribution is -0.192. The van der Waals surface area contributed by atoms with Crippen LogP contribution >= 0.6 is 0 Å². The number of amides is 1. The average Bonchev–Trinajstić information content (AvgIpc) is 3.46. The van der Waals surface area contributed by atoms with E-state index in [1.165, 1.54) is 17.5 Å². The Labute approximate surface area is 187 Å². The van der Waals surface area contributed by atoms with Gasteiger partial charge in [0, 0.05) is 32.4 Å². The number of nitrogens with one attached hydrogen (secondary N) is 1. The highest BCUT2D eigenvalue weighted by atomic mass is 19.4. The third kappa shape index (κ3) is 6.94. The second kappa shape index (κ2) is 10.8. The molecule has 2 aromatic heterocycles. The summed E-state index contributed by atoms with van der Waals surface area (Å²) < 4.78 is 39.0. The van der Waals surface area contributed by atoms with E-state index in [9.17, 15) is 18.0 Å². The number of aromatic nitrogens is 2. The van der Waals surface area contributed by atoms with Gasteiger partial charge in [0.05, 0.1) is 18.0 Å².